The minimum absolute atomic E-state index is 0.147. The van der Waals surface area contributed by atoms with Gasteiger partial charge in [-0.05, 0) is 52.5 Å². The highest BCUT2D eigenvalue weighted by molar-refractivity contribution is 7.11. The van der Waals surface area contributed by atoms with Gasteiger partial charge >= 0.3 is 5.97 Å². The Morgan fingerprint density at radius 3 is 2.75 bits per heavy atom. The van der Waals surface area contributed by atoms with Crippen molar-refractivity contribution in [3.8, 4) is 0 Å². The van der Waals surface area contributed by atoms with Crippen LogP contribution in [-0.4, -0.2) is 33.0 Å². The number of aliphatic carboxylic acids is 1. The first-order valence-electron chi connectivity index (χ1n) is 7.41. The molecule has 0 bridgehead atoms. The molecule has 1 aromatic rings. The number of hydrogen-bond donors (Lipinski definition) is 1. The first kappa shape index (κ1) is 14.0. The minimum Gasteiger partial charge on any atom is -0.481 e. The van der Waals surface area contributed by atoms with Crippen LogP contribution in [0.2, 0.25) is 0 Å². The van der Waals surface area contributed by atoms with Crippen molar-refractivity contribution < 1.29 is 9.90 Å². The predicted octanol–water partition coefficient (Wildman–Crippen LogP) is 2.98. The number of likely N-dealkylation sites (tertiary alicyclic amines) is 1. The molecular weight excluding hydrogens is 272 g/mol. The molecule has 1 unspecified atom stereocenters. The maximum Gasteiger partial charge on any atom is 0.306 e. The van der Waals surface area contributed by atoms with Crippen LogP contribution < -0.4 is 0 Å². The van der Waals surface area contributed by atoms with Gasteiger partial charge in [-0.1, -0.05) is 0 Å². The molecule has 0 radical (unpaired) electrons. The van der Waals surface area contributed by atoms with Gasteiger partial charge in [0.15, 0.2) is 0 Å². The molecule has 110 valence electrons. The van der Waals surface area contributed by atoms with Crippen molar-refractivity contribution in [2.24, 2.45) is 5.92 Å². The minimum atomic E-state index is -0.614. The van der Waals surface area contributed by atoms with Crippen LogP contribution in [0.25, 0.3) is 0 Å². The Morgan fingerprint density at radius 2 is 2.25 bits per heavy atom. The number of piperidine rings is 1. The van der Waals surface area contributed by atoms with Crippen LogP contribution in [0.15, 0.2) is 0 Å². The first-order chi connectivity index (χ1) is 9.50. The Morgan fingerprint density at radius 1 is 1.50 bits per heavy atom. The summed E-state index contributed by atoms with van der Waals surface area (Å²) in [6, 6.07) is 0. The van der Waals surface area contributed by atoms with E-state index >= 15 is 0 Å². The zero-order chi connectivity index (χ0) is 14.3. The van der Waals surface area contributed by atoms with Crippen LogP contribution >= 0.6 is 11.3 Å². The smallest absolute Gasteiger partial charge is 0.306 e. The van der Waals surface area contributed by atoms with Gasteiger partial charge in [0, 0.05) is 10.4 Å². The number of aryl methyl sites for hydroxylation is 2. The summed E-state index contributed by atoms with van der Waals surface area (Å²) in [6.45, 7) is 5.97. The normalized spacial score (nSPS) is 25.6. The van der Waals surface area contributed by atoms with Gasteiger partial charge in [0.1, 0.15) is 5.01 Å². The standard InChI is InChI=1S/C15H22N2O2S/c1-10-11(2)20-13(16-10)9-17-7-4-12(14(18)19)8-15(17)5-3-6-15/h12H,3-9H2,1-2H3,(H,18,19). The van der Waals surface area contributed by atoms with Crippen LogP contribution in [-0.2, 0) is 11.3 Å². The average molecular weight is 294 g/mol. The average Bonchev–Trinajstić information content (AvgIpc) is 2.66. The topological polar surface area (TPSA) is 53.4 Å². The largest absolute Gasteiger partial charge is 0.481 e. The summed E-state index contributed by atoms with van der Waals surface area (Å²) in [4.78, 5) is 19.7. The van der Waals surface area contributed by atoms with E-state index < -0.39 is 5.97 Å². The number of carbonyl (C=O) groups is 1. The Hall–Kier alpha value is -0.940. The molecule has 5 heteroatoms. The number of nitrogens with zero attached hydrogens (tertiary/aromatic N) is 2. The van der Waals surface area contributed by atoms with Crippen LogP contribution in [0.1, 0.15) is 47.7 Å². The molecule has 3 rings (SSSR count). The summed E-state index contributed by atoms with van der Waals surface area (Å²) in [5.74, 6) is -0.761. The van der Waals surface area contributed by atoms with Gasteiger partial charge in [0.05, 0.1) is 18.2 Å². The van der Waals surface area contributed by atoms with E-state index in [1.165, 1.54) is 16.3 Å². The van der Waals surface area contributed by atoms with E-state index in [0.717, 1.165) is 44.5 Å². The van der Waals surface area contributed by atoms with Crippen LogP contribution in [0.5, 0.6) is 0 Å². The fourth-order valence-corrected chi connectivity index (χ4v) is 4.52. The monoisotopic (exact) mass is 294 g/mol. The molecule has 4 nitrogen and oxygen atoms in total. The quantitative estimate of drug-likeness (QED) is 0.931. The molecule has 1 aliphatic carbocycles. The summed E-state index contributed by atoms with van der Waals surface area (Å²) in [5, 5.41) is 10.5. The lowest BCUT2D eigenvalue weighted by atomic mass is 9.67. The summed E-state index contributed by atoms with van der Waals surface area (Å²) in [6.07, 6.45) is 5.14. The maximum absolute atomic E-state index is 11.3. The molecule has 20 heavy (non-hydrogen) atoms. The third-order valence-corrected chi connectivity index (χ3v) is 6.13. The molecule has 0 aromatic carbocycles. The highest BCUT2D eigenvalue weighted by Gasteiger charge is 2.48. The summed E-state index contributed by atoms with van der Waals surface area (Å²) >= 11 is 1.78. The van der Waals surface area contributed by atoms with Gasteiger partial charge in [-0.3, -0.25) is 9.69 Å². The Kier molecular flexibility index (Phi) is 3.58. The van der Waals surface area contributed by atoms with Gasteiger partial charge in [-0.25, -0.2) is 4.98 Å². The third-order valence-electron chi connectivity index (χ3n) is 5.08. The summed E-state index contributed by atoms with van der Waals surface area (Å²) < 4.78 is 0. The fraction of sp³-hybridized carbons (Fsp3) is 0.733. The molecule has 1 N–H and O–H groups in total. The van der Waals surface area contributed by atoms with E-state index in [4.69, 9.17) is 0 Å². The Balaban J connectivity index is 1.74. The second-order valence-corrected chi connectivity index (χ2v) is 7.56. The molecule has 1 aliphatic heterocycles. The molecular formula is C15H22N2O2S. The predicted molar refractivity (Wildman–Crippen MR) is 78.9 cm³/mol. The number of carboxylic acids is 1. The second kappa shape index (κ2) is 5.11. The molecule has 2 aliphatic rings. The van der Waals surface area contributed by atoms with E-state index in [2.05, 4.69) is 23.7 Å². The van der Waals surface area contributed by atoms with Crippen molar-refractivity contribution in [1.82, 2.24) is 9.88 Å². The third kappa shape index (κ3) is 2.37. The zero-order valence-corrected chi connectivity index (χ0v) is 13.0. The number of thiazole rings is 1. The highest BCUT2D eigenvalue weighted by atomic mass is 32.1. The molecule has 2 fully saturated rings. The molecule has 1 aromatic heterocycles. The lowest BCUT2D eigenvalue weighted by molar-refractivity contribution is -0.148. The lowest BCUT2D eigenvalue weighted by Crippen LogP contribution is -2.58. The SMILES string of the molecule is Cc1nc(CN2CCC(C(=O)O)CC23CCC3)sc1C. The van der Waals surface area contributed by atoms with Crippen LogP contribution in [0.4, 0.5) is 0 Å². The van der Waals surface area contributed by atoms with Crippen molar-refractivity contribution in [1.29, 1.82) is 0 Å². The first-order valence-corrected chi connectivity index (χ1v) is 8.23. The zero-order valence-electron chi connectivity index (χ0n) is 12.2. The summed E-state index contributed by atoms with van der Waals surface area (Å²) in [7, 11) is 0. The summed E-state index contributed by atoms with van der Waals surface area (Å²) in [5.41, 5.74) is 1.28. The molecule has 1 saturated heterocycles. The van der Waals surface area contributed by atoms with Crippen LogP contribution in [0, 0.1) is 19.8 Å². The van der Waals surface area contributed by atoms with Gasteiger partial charge in [0.25, 0.3) is 0 Å². The molecule has 2 heterocycles. The fourth-order valence-electron chi connectivity index (χ4n) is 3.57. The Labute approximate surface area is 123 Å². The second-order valence-electron chi connectivity index (χ2n) is 6.28. The van der Waals surface area contributed by atoms with E-state index in [-0.39, 0.29) is 11.5 Å². The molecule has 1 atom stereocenters. The highest BCUT2D eigenvalue weighted by Crippen LogP contribution is 2.47. The van der Waals surface area contributed by atoms with E-state index in [0.29, 0.717) is 0 Å². The van der Waals surface area contributed by atoms with E-state index in [1.807, 2.05) is 0 Å². The van der Waals surface area contributed by atoms with Crippen molar-refractivity contribution >= 4 is 17.3 Å². The van der Waals surface area contributed by atoms with Crippen molar-refractivity contribution in [2.45, 2.75) is 58.0 Å². The van der Waals surface area contributed by atoms with Crippen LogP contribution in [0.3, 0.4) is 0 Å². The molecule has 0 amide bonds. The van der Waals surface area contributed by atoms with Gasteiger partial charge in [0.2, 0.25) is 0 Å². The van der Waals surface area contributed by atoms with Crippen molar-refractivity contribution in [2.75, 3.05) is 6.54 Å². The van der Waals surface area contributed by atoms with Crippen molar-refractivity contribution in [3.63, 3.8) is 0 Å². The molecule has 1 saturated carbocycles. The van der Waals surface area contributed by atoms with Gasteiger partial charge in [-0.2, -0.15) is 0 Å². The number of aromatic nitrogens is 1. The lowest BCUT2D eigenvalue weighted by Gasteiger charge is -2.54. The maximum atomic E-state index is 11.3. The van der Waals surface area contributed by atoms with E-state index in [1.54, 1.807) is 11.3 Å². The van der Waals surface area contributed by atoms with E-state index in [9.17, 15) is 9.90 Å². The number of hydrogen-bond acceptors (Lipinski definition) is 4. The Bertz CT molecular complexity index is 502. The molecule has 1 spiro atoms. The number of carboxylic acid groups (broad SMARTS) is 1. The van der Waals surface area contributed by atoms with Gasteiger partial charge < -0.3 is 5.11 Å². The number of rotatable bonds is 3. The van der Waals surface area contributed by atoms with Crippen molar-refractivity contribution in [3.05, 3.63) is 15.6 Å². The van der Waals surface area contributed by atoms with Gasteiger partial charge in [-0.15, -0.1) is 11.3 Å².